The first-order valence-electron chi connectivity index (χ1n) is 5.29. The van der Waals surface area contributed by atoms with Crippen LogP contribution in [0.5, 0.6) is 5.75 Å². The fraction of sp³-hybridized carbons (Fsp3) is 0.417. The molecule has 16 heavy (non-hydrogen) atoms. The van der Waals surface area contributed by atoms with E-state index in [9.17, 15) is 4.79 Å². The topological polar surface area (TPSA) is 35.5 Å². The van der Waals surface area contributed by atoms with Crippen molar-refractivity contribution in [2.75, 3.05) is 13.7 Å². The molecule has 0 atom stereocenters. The maximum Gasteiger partial charge on any atom is 0.337 e. The second-order valence-electron chi connectivity index (χ2n) is 3.45. The van der Waals surface area contributed by atoms with E-state index in [-0.39, 0.29) is 5.97 Å². The van der Waals surface area contributed by atoms with Crippen LogP contribution >= 0.6 is 0 Å². The standard InChI is InChI=1S/C12H15BO3/c1-3-4-7-16-11-8-9(12(14)15-2)5-6-10(11)13/h5-6,8H,3-4,7H2,1-2H3. The van der Waals surface area contributed by atoms with Gasteiger partial charge in [0.05, 0.1) is 19.3 Å². The number of benzene rings is 1. The number of ether oxygens (including phenoxy) is 2. The molecular weight excluding hydrogens is 203 g/mol. The van der Waals surface area contributed by atoms with Gasteiger partial charge in [-0.3, -0.25) is 0 Å². The van der Waals surface area contributed by atoms with Gasteiger partial charge < -0.3 is 9.47 Å². The normalized spacial score (nSPS) is 9.88. The molecule has 0 N–H and O–H groups in total. The Morgan fingerprint density at radius 2 is 2.19 bits per heavy atom. The zero-order chi connectivity index (χ0) is 12.0. The second kappa shape index (κ2) is 6.21. The molecule has 84 valence electrons. The average Bonchev–Trinajstić information content (AvgIpc) is 2.31. The largest absolute Gasteiger partial charge is 0.494 e. The van der Waals surface area contributed by atoms with Crippen LogP contribution in [-0.4, -0.2) is 27.5 Å². The summed E-state index contributed by atoms with van der Waals surface area (Å²) < 4.78 is 10.1. The zero-order valence-electron chi connectivity index (χ0n) is 9.66. The predicted octanol–water partition coefficient (Wildman–Crippen LogP) is 1.45. The molecule has 2 radical (unpaired) electrons. The number of hydrogen-bond donors (Lipinski definition) is 0. The predicted molar refractivity (Wildman–Crippen MR) is 63.6 cm³/mol. The molecule has 0 heterocycles. The number of carbonyl (C=O) groups excluding carboxylic acids is 1. The molecule has 0 saturated carbocycles. The molecule has 1 aromatic carbocycles. The van der Waals surface area contributed by atoms with Crippen molar-refractivity contribution < 1.29 is 14.3 Å². The first kappa shape index (κ1) is 12.6. The molecule has 0 bridgehead atoms. The van der Waals surface area contributed by atoms with Crippen molar-refractivity contribution in [3.63, 3.8) is 0 Å². The van der Waals surface area contributed by atoms with E-state index in [0.29, 0.717) is 23.4 Å². The third-order valence-corrected chi connectivity index (χ3v) is 2.19. The molecule has 0 spiro atoms. The van der Waals surface area contributed by atoms with Crippen molar-refractivity contribution >= 4 is 19.3 Å². The summed E-state index contributed by atoms with van der Waals surface area (Å²) in [6, 6.07) is 4.87. The summed E-state index contributed by atoms with van der Waals surface area (Å²) in [5.41, 5.74) is 0.979. The highest BCUT2D eigenvalue weighted by Crippen LogP contribution is 2.11. The van der Waals surface area contributed by atoms with Crippen molar-refractivity contribution in [3.8, 4) is 5.75 Å². The summed E-state index contributed by atoms with van der Waals surface area (Å²) in [6.07, 6.45) is 2.01. The van der Waals surface area contributed by atoms with Crippen LogP contribution in [-0.2, 0) is 4.74 Å². The molecule has 0 aromatic heterocycles. The SMILES string of the molecule is [B]c1ccc(C(=O)OC)cc1OCCCC. The van der Waals surface area contributed by atoms with Crippen LogP contribution in [0, 0.1) is 0 Å². The lowest BCUT2D eigenvalue weighted by Crippen LogP contribution is -2.12. The van der Waals surface area contributed by atoms with E-state index >= 15 is 0 Å². The quantitative estimate of drug-likeness (QED) is 0.426. The maximum absolute atomic E-state index is 11.3. The Bertz CT molecular complexity index is 363. The van der Waals surface area contributed by atoms with Crippen LogP contribution in [0.25, 0.3) is 0 Å². The van der Waals surface area contributed by atoms with E-state index < -0.39 is 0 Å². The number of rotatable bonds is 5. The van der Waals surface area contributed by atoms with Gasteiger partial charge in [0.25, 0.3) is 0 Å². The van der Waals surface area contributed by atoms with Gasteiger partial charge in [-0.25, -0.2) is 4.79 Å². The van der Waals surface area contributed by atoms with Crippen molar-refractivity contribution in [1.29, 1.82) is 0 Å². The van der Waals surface area contributed by atoms with Gasteiger partial charge in [0.2, 0.25) is 0 Å². The highest BCUT2D eigenvalue weighted by atomic mass is 16.5. The monoisotopic (exact) mass is 218 g/mol. The Kier molecular flexibility index (Phi) is 4.90. The molecule has 0 aliphatic carbocycles. The number of unbranched alkanes of at least 4 members (excludes halogenated alkanes) is 1. The third kappa shape index (κ3) is 3.30. The summed E-state index contributed by atoms with van der Waals surface area (Å²) in [5.74, 6) is 0.150. The highest BCUT2D eigenvalue weighted by Gasteiger charge is 2.08. The fourth-order valence-electron chi connectivity index (χ4n) is 1.23. The van der Waals surface area contributed by atoms with Gasteiger partial charge in [0, 0.05) is 0 Å². The molecule has 0 aliphatic heterocycles. The average molecular weight is 218 g/mol. The van der Waals surface area contributed by atoms with Gasteiger partial charge in [-0.15, -0.1) is 0 Å². The Morgan fingerprint density at radius 3 is 2.81 bits per heavy atom. The van der Waals surface area contributed by atoms with Crippen LogP contribution < -0.4 is 10.2 Å². The minimum Gasteiger partial charge on any atom is -0.494 e. The van der Waals surface area contributed by atoms with Crippen molar-refractivity contribution in [1.82, 2.24) is 0 Å². The summed E-state index contributed by atoms with van der Waals surface area (Å²) in [7, 11) is 7.08. The van der Waals surface area contributed by atoms with E-state index in [1.165, 1.54) is 7.11 Å². The lowest BCUT2D eigenvalue weighted by molar-refractivity contribution is 0.0600. The van der Waals surface area contributed by atoms with Crippen LogP contribution in [0.1, 0.15) is 30.1 Å². The third-order valence-electron chi connectivity index (χ3n) is 2.19. The number of carbonyl (C=O) groups is 1. The fourth-order valence-corrected chi connectivity index (χ4v) is 1.23. The smallest absolute Gasteiger partial charge is 0.337 e. The van der Waals surface area contributed by atoms with E-state index in [0.717, 1.165) is 12.8 Å². The van der Waals surface area contributed by atoms with Crippen LogP contribution in [0.2, 0.25) is 0 Å². The van der Waals surface area contributed by atoms with Gasteiger partial charge in [-0.05, 0) is 18.6 Å². The van der Waals surface area contributed by atoms with Gasteiger partial charge in [0.1, 0.15) is 13.6 Å². The molecule has 0 unspecified atom stereocenters. The second-order valence-corrected chi connectivity index (χ2v) is 3.45. The van der Waals surface area contributed by atoms with Crippen LogP contribution in [0.3, 0.4) is 0 Å². The Labute approximate surface area is 97.2 Å². The summed E-state index contributed by atoms with van der Waals surface area (Å²) >= 11 is 0. The lowest BCUT2D eigenvalue weighted by atomic mass is 9.94. The molecule has 0 fully saturated rings. The summed E-state index contributed by atoms with van der Waals surface area (Å²) in [5, 5.41) is 0. The minimum absolute atomic E-state index is 0.389. The Balaban J connectivity index is 2.78. The van der Waals surface area contributed by atoms with E-state index in [4.69, 9.17) is 12.6 Å². The van der Waals surface area contributed by atoms with Gasteiger partial charge >= 0.3 is 5.97 Å². The number of hydrogen-bond acceptors (Lipinski definition) is 3. The van der Waals surface area contributed by atoms with Crippen LogP contribution in [0.4, 0.5) is 0 Å². The van der Waals surface area contributed by atoms with E-state index in [2.05, 4.69) is 11.7 Å². The first-order chi connectivity index (χ1) is 7.69. The maximum atomic E-state index is 11.3. The Morgan fingerprint density at radius 1 is 1.44 bits per heavy atom. The lowest BCUT2D eigenvalue weighted by Gasteiger charge is -2.10. The van der Waals surface area contributed by atoms with Crippen molar-refractivity contribution in [3.05, 3.63) is 23.8 Å². The molecule has 0 aliphatic rings. The van der Waals surface area contributed by atoms with Gasteiger partial charge in [-0.2, -0.15) is 0 Å². The minimum atomic E-state index is -0.389. The van der Waals surface area contributed by atoms with Crippen molar-refractivity contribution in [2.45, 2.75) is 19.8 Å². The Hall–Kier alpha value is -1.45. The summed E-state index contributed by atoms with van der Waals surface area (Å²) in [4.78, 5) is 11.3. The molecule has 4 heteroatoms. The zero-order valence-corrected chi connectivity index (χ0v) is 9.66. The molecule has 0 saturated heterocycles. The van der Waals surface area contributed by atoms with Gasteiger partial charge in [-0.1, -0.05) is 24.9 Å². The van der Waals surface area contributed by atoms with Gasteiger partial charge in [0.15, 0.2) is 0 Å². The first-order valence-corrected chi connectivity index (χ1v) is 5.29. The van der Waals surface area contributed by atoms with E-state index in [1.54, 1.807) is 18.2 Å². The molecule has 3 nitrogen and oxygen atoms in total. The molecule has 0 amide bonds. The summed E-state index contributed by atoms with van der Waals surface area (Å²) in [6.45, 7) is 2.68. The highest BCUT2D eigenvalue weighted by molar-refractivity contribution is 6.34. The molecular formula is C12H15BO3. The van der Waals surface area contributed by atoms with E-state index in [1.807, 2.05) is 0 Å². The molecule has 1 aromatic rings. The molecule has 1 rings (SSSR count). The van der Waals surface area contributed by atoms with Crippen molar-refractivity contribution in [2.24, 2.45) is 0 Å². The number of methoxy groups -OCH3 is 1. The number of esters is 1. The van der Waals surface area contributed by atoms with Crippen LogP contribution in [0.15, 0.2) is 18.2 Å².